The minimum Gasteiger partial charge on any atom is -0.399 e. The Morgan fingerprint density at radius 3 is 2.83 bits per heavy atom. The van der Waals surface area contributed by atoms with E-state index in [4.69, 9.17) is 5.73 Å². The van der Waals surface area contributed by atoms with Crippen LogP contribution in [0.25, 0.3) is 11.4 Å². The quantitative estimate of drug-likeness (QED) is 0.824. The van der Waals surface area contributed by atoms with Crippen molar-refractivity contribution < 1.29 is 0 Å². The smallest absolute Gasteiger partial charge is 0.164 e. The summed E-state index contributed by atoms with van der Waals surface area (Å²) in [6.45, 7) is 1.00. The van der Waals surface area contributed by atoms with E-state index in [9.17, 15) is 0 Å². The Bertz CT molecular complexity index is 556. The van der Waals surface area contributed by atoms with Gasteiger partial charge in [0.15, 0.2) is 5.82 Å². The molecule has 0 radical (unpaired) electrons. The molecule has 3 rings (SSSR count). The lowest BCUT2D eigenvalue weighted by atomic mass is 10.2. The van der Waals surface area contributed by atoms with Crippen LogP contribution in [0.1, 0.15) is 25.1 Å². The van der Waals surface area contributed by atoms with Crippen LogP contribution in [0.15, 0.2) is 22.7 Å². The van der Waals surface area contributed by atoms with Crippen molar-refractivity contribution in [1.82, 2.24) is 14.8 Å². The van der Waals surface area contributed by atoms with E-state index >= 15 is 0 Å². The average molecular weight is 307 g/mol. The summed E-state index contributed by atoms with van der Waals surface area (Å²) in [5.74, 6) is 2.03. The number of fused-ring (bicyclic) bond motifs is 1. The van der Waals surface area contributed by atoms with E-state index in [1.165, 1.54) is 19.3 Å². The van der Waals surface area contributed by atoms with Crippen molar-refractivity contribution in [3.05, 3.63) is 28.5 Å². The number of aryl methyl sites for hydroxylation is 1. The van der Waals surface area contributed by atoms with Crippen LogP contribution in [0.3, 0.4) is 0 Å². The molecule has 0 saturated carbocycles. The van der Waals surface area contributed by atoms with E-state index in [1.807, 2.05) is 18.2 Å². The summed E-state index contributed by atoms with van der Waals surface area (Å²) >= 11 is 3.47. The second kappa shape index (κ2) is 4.72. The molecule has 2 N–H and O–H groups in total. The maximum atomic E-state index is 5.89. The van der Waals surface area contributed by atoms with Gasteiger partial charge in [0.2, 0.25) is 0 Å². The molecular weight excluding hydrogens is 292 g/mol. The van der Waals surface area contributed by atoms with Crippen LogP contribution in [-0.4, -0.2) is 14.8 Å². The average Bonchev–Trinajstić information content (AvgIpc) is 2.57. The monoisotopic (exact) mass is 306 g/mol. The molecule has 18 heavy (non-hydrogen) atoms. The Labute approximate surface area is 114 Å². The van der Waals surface area contributed by atoms with E-state index in [2.05, 4.69) is 30.7 Å². The van der Waals surface area contributed by atoms with Crippen LogP contribution in [0.2, 0.25) is 0 Å². The van der Waals surface area contributed by atoms with Crippen LogP contribution in [0.5, 0.6) is 0 Å². The van der Waals surface area contributed by atoms with Gasteiger partial charge in [-0.15, -0.1) is 10.2 Å². The number of nitrogens with zero attached hydrogens (tertiary/aromatic N) is 3. The topological polar surface area (TPSA) is 56.7 Å². The first-order valence-electron chi connectivity index (χ1n) is 6.22. The minimum absolute atomic E-state index is 0.741. The minimum atomic E-state index is 0.741. The number of rotatable bonds is 1. The fraction of sp³-hybridized carbons (Fsp3) is 0.385. The molecule has 0 fully saturated rings. The third-order valence-corrected chi connectivity index (χ3v) is 3.75. The first kappa shape index (κ1) is 11.7. The number of halogens is 1. The molecule has 0 unspecified atom stereocenters. The second-order valence-corrected chi connectivity index (χ2v) is 5.59. The Hall–Kier alpha value is -1.36. The van der Waals surface area contributed by atoms with Crippen molar-refractivity contribution in [3.8, 4) is 11.4 Å². The zero-order valence-electron chi connectivity index (χ0n) is 10.1. The molecule has 0 atom stereocenters. The van der Waals surface area contributed by atoms with E-state index in [1.54, 1.807) is 0 Å². The van der Waals surface area contributed by atoms with E-state index in [0.29, 0.717) is 0 Å². The fourth-order valence-electron chi connectivity index (χ4n) is 2.44. The van der Waals surface area contributed by atoms with Gasteiger partial charge in [-0.3, -0.25) is 0 Å². The first-order valence-corrected chi connectivity index (χ1v) is 7.02. The van der Waals surface area contributed by atoms with E-state index < -0.39 is 0 Å². The summed E-state index contributed by atoms with van der Waals surface area (Å²) < 4.78 is 3.21. The summed E-state index contributed by atoms with van der Waals surface area (Å²) in [6.07, 6.45) is 4.69. The maximum absolute atomic E-state index is 5.89. The molecule has 2 aromatic rings. The third-order valence-electron chi connectivity index (χ3n) is 3.29. The fourth-order valence-corrected chi connectivity index (χ4v) is 2.95. The molecule has 94 valence electrons. The van der Waals surface area contributed by atoms with Gasteiger partial charge < -0.3 is 10.3 Å². The highest BCUT2D eigenvalue weighted by molar-refractivity contribution is 9.10. The molecule has 0 aliphatic carbocycles. The zero-order valence-corrected chi connectivity index (χ0v) is 11.7. The standard InChI is InChI=1S/C13H15BrN4/c14-10-6-9(7-11(15)8-10)13-17-16-12-4-2-1-3-5-18(12)13/h6-8H,1-5,15H2. The van der Waals surface area contributed by atoms with Crippen molar-refractivity contribution in [2.45, 2.75) is 32.2 Å². The summed E-state index contributed by atoms with van der Waals surface area (Å²) in [5.41, 5.74) is 7.66. The van der Waals surface area contributed by atoms with Crippen LogP contribution in [-0.2, 0) is 13.0 Å². The summed E-state index contributed by atoms with van der Waals surface area (Å²) in [6, 6.07) is 5.88. The van der Waals surface area contributed by atoms with Gasteiger partial charge in [0, 0.05) is 28.7 Å². The van der Waals surface area contributed by atoms with E-state index in [-0.39, 0.29) is 0 Å². The summed E-state index contributed by atoms with van der Waals surface area (Å²) in [4.78, 5) is 0. The predicted octanol–water partition coefficient (Wildman–Crippen LogP) is 3.02. The second-order valence-electron chi connectivity index (χ2n) is 4.68. The Morgan fingerprint density at radius 1 is 1.11 bits per heavy atom. The van der Waals surface area contributed by atoms with Crippen LogP contribution >= 0.6 is 15.9 Å². The Morgan fingerprint density at radius 2 is 2.00 bits per heavy atom. The largest absolute Gasteiger partial charge is 0.399 e. The van der Waals surface area contributed by atoms with Gasteiger partial charge in [-0.1, -0.05) is 22.4 Å². The molecule has 1 aliphatic heterocycles. The Kier molecular flexibility index (Phi) is 3.07. The van der Waals surface area contributed by atoms with Gasteiger partial charge in [0.25, 0.3) is 0 Å². The molecule has 0 saturated heterocycles. The molecule has 1 aromatic carbocycles. The normalized spacial score (nSPS) is 15.2. The lowest BCUT2D eigenvalue weighted by molar-refractivity contribution is 0.636. The Balaban J connectivity index is 2.09. The van der Waals surface area contributed by atoms with E-state index in [0.717, 1.165) is 40.3 Å². The first-order chi connectivity index (χ1) is 8.74. The van der Waals surface area contributed by atoms with Crippen molar-refractivity contribution in [1.29, 1.82) is 0 Å². The van der Waals surface area contributed by atoms with Gasteiger partial charge in [-0.25, -0.2) is 0 Å². The molecule has 0 bridgehead atoms. The SMILES string of the molecule is Nc1cc(Br)cc(-c2nnc3n2CCCCC3)c1. The van der Waals surface area contributed by atoms with Crippen LogP contribution in [0, 0.1) is 0 Å². The predicted molar refractivity (Wildman–Crippen MR) is 75.1 cm³/mol. The van der Waals surface area contributed by atoms with Crippen molar-refractivity contribution >= 4 is 21.6 Å². The number of anilines is 1. The van der Waals surface area contributed by atoms with Crippen LogP contribution in [0.4, 0.5) is 5.69 Å². The number of hydrogen-bond donors (Lipinski definition) is 1. The van der Waals surface area contributed by atoms with Gasteiger partial charge in [-0.05, 0) is 31.0 Å². The lowest BCUT2D eigenvalue weighted by Gasteiger charge is -2.08. The highest BCUT2D eigenvalue weighted by atomic mass is 79.9. The molecule has 1 aliphatic rings. The zero-order chi connectivity index (χ0) is 12.5. The molecule has 0 spiro atoms. The van der Waals surface area contributed by atoms with Gasteiger partial charge in [0.1, 0.15) is 5.82 Å². The lowest BCUT2D eigenvalue weighted by Crippen LogP contribution is -2.03. The highest BCUT2D eigenvalue weighted by Gasteiger charge is 2.16. The molecule has 0 amide bonds. The van der Waals surface area contributed by atoms with Gasteiger partial charge in [0.05, 0.1) is 0 Å². The number of hydrogen-bond acceptors (Lipinski definition) is 3. The molecule has 4 nitrogen and oxygen atoms in total. The van der Waals surface area contributed by atoms with Crippen LogP contribution < -0.4 is 5.73 Å². The molecule has 1 aromatic heterocycles. The summed E-state index contributed by atoms with van der Waals surface area (Å²) in [5, 5.41) is 8.64. The molecular formula is C13H15BrN4. The number of aromatic nitrogens is 3. The van der Waals surface area contributed by atoms with Crippen molar-refractivity contribution in [2.75, 3.05) is 5.73 Å². The summed E-state index contributed by atoms with van der Waals surface area (Å²) in [7, 11) is 0. The third kappa shape index (κ3) is 2.14. The number of nitrogen functional groups attached to an aromatic ring is 1. The van der Waals surface area contributed by atoms with Crippen molar-refractivity contribution in [2.24, 2.45) is 0 Å². The highest BCUT2D eigenvalue weighted by Crippen LogP contribution is 2.27. The van der Waals surface area contributed by atoms with Gasteiger partial charge >= 0.3 is 0 Å². The van der Waals surface area contributed by atoms with Gasteiger partial charge in [-0.2, -0.15) is 0 Å². The molecule has 5 heteroatoms. The van der Waals surface area contributed by atoms with Crippen molar-refractivity contribution in [3.63, 3.8) is 0 Å². The number of benzene rings is 1. The number of nitrogens with two attached hydrogens (primary N) is 1. The molecule has 2 heterocycles. The maximum Gasteiger partial charge on any atom is 0.164 e.